The molecule has 29 heavy (non-hydrogen) atoms. The van der Waals surface area contributed by atoms with Crippen LogP contribution in [0.2, 0.25) is 0 Å². The molecule has 0 spiro atoms. The van der Waals surface area contributed by atoms with Crippen LogP contribution in [0.3, 0.4) is 0 Å². The van der Waals surface area contributed by atoms with E-state index in [4.69, 9.17) is 9.72 Å². The zero-order valence-electron chi connectivity index (χ0n) is 16.0. The fourth-order valence-corrected chi connectivity index (χ4v) is 3.39. The van der Waals surface area contributed by atoms with Gasteiger partial charge in [-0.15, -0.1) is 0 Å². The molecule has 0 bridgehead atoms. The number of morpholine rings is 1. The number of halogens is 2. The smallest absolute Gasteiger partial charge is 0.388 e. The molecule has 0 radical (unpaired) electrons. The van der Waals surface area contributed by atoms with Crippen LogP contribution in [-0.2, 0) is 4.74 Å². The molecule has 0 saturated carbocycles. The zero-order valence-corrected chi connectivity index (χ0v) is 16.0. The number of alkyl halides is 2. The Balaban J connectivity index is 1.57. The third-order valence-electron chi connectivity index (χ3n) is 4.83. The van der Waals surface area contributed by atoms with Crippen molar-refractivity contribution < 1.29 is 18.3 Å². The summed E-state index contributed by atoms with van der Waals surface area (Å²) in [5.41, 5.74) is 1.74. The topological polar surface area (TPSA) is 74.8 Å². The van der Waals surface area contributed by atoms with Crippen molar-refractivity contribution in [2.24, 2.45) is 0 Å². The highest BCUT2D eigenvalue weighted by atomic mass is 19.3. The molecule has 2 saturated heterocycles. The van der Waals surface area contributed by atoms with Gasteiger partial charge in [-0.05, 0) is 6.07 Å². The van der Waals surface area contributed by atoms with Crippen LogP contribution < -0.4 is 25.2 Å². The first-order chi connectivity index (χ1) is 14.2. The molecule has 2 aliphatic rings. The van der Waals surface area contributed by atoms with Crippen molar-refractivity contribution in [2.75, 3.05) is 67.6 Å². The Morgan fingerprint density at radius 1 is 1.07 bits per heavy atom. The summed E-state index contributed by atoms with van der Waals surface area (Å²) in [5, 5.41) is 6.59. The average molecular weight is 406 g/mol. The number of hydrogen-bond donors (Lipinski definition) is 2. The van der Waals surface area contributed by atoms with E-state index < -0.39 is 6.61 Å². The van der Waals surface area contributed by atoms with E-state index in [0.29, 0.717) is 24.7 Å². The van der Waals surface area contributed by atoms with Crippen LogP contribution in [0.4, 0.5) is 31.8 Å². The predicted octanol–water partition coefficient (Wildman–Crippen LogP) is 2.07. The molecule has 2 aromatic rings. The van der Waals surface area contributed by atoms with Gasteiger partial charge in [0.1, 0.15) is 11.6 Å². The second-order valence-electron chi connectivity index (χ2n) is 6.79. The van der Waals surface area contributed by atoms with E-state index in [-0.39, 0.29) is 5.88 Å². The quantitative estimate of drug-likeness (QED) is 0.755. The number of ether oxygens (including phenoxy) is 2. The number of rotatable bonds is 6. The molecular formula is C19H24F2N6O2. The Bertz CT molecular complexity index is 760. The molecule has 0 unspecified atom stereocenters. The van der Waals surface area contributed by atoms with E-state index in [0.717, 1.165) is 50.8 Å². The van der Waals surface area contributed by atoms with Crippen molar-refractivity contribution in [1.82, 2.24) is 15.3 Å². The lowest BCUT2D eigenvalue weighted by Gasteiger charge is -2.32. The standard InChI is InChI=1S/C19H24F2N6O2/c20-19(21)29-18-2-1-14(13-23-18)24-16-11-15(26-5-3-22-4-6-26)12-17(25-16)27-7-9-28-10-8-27/h1-2,11-13,19,22H,3-10H2,(H,24,25). The lowest BCUT2D eigenvalue weighted by molar-refractivity contribution is -0.0528. The van der Waals surface area contributed by atoms with E-state index in [1.54, 1.807) is 6.07 Å². The van der Waals surface area contributed by atoms with Crippen molar-refractivity contribution in [3.8, 4) is 5.88 Å². The summed E-state index contributed by atoms with van der Waals surface area (Å²) in [5.74, 6) is 1.44. The molecule has 4 heterocycles. The Morgan fingerprint density at radius 3 is 2.55 bits per heavy atom. The SMILES string of the molecule is FC(F)Oc1ccc(Nc2cc(N3CCNCC3)cc(N3CCOCC3)n2)cn1. The number of aromatic nitrogens is 2. The van der Waals surface area contributed by atoms with Gasteiger partial charge in [-0.25, -0.2) is 9.97 Å². The van der Waals surface area contributed by atoms with Gasteiger partial charge in [-0.2, -0.15) is 8.78 Å². The first-order valence-corrected chi connectivity index (χ1v) is 9.66. The second kappa shape index (κ2) is 9.19. The monoisotopic (exact) mass is 406 g/mol. The molecule has 0 aliphatic carbocycles. The van der Waals surface area contributed by atoms with Crippen LogP contribution in [0.5, 0.6) is 5.88 Å². The van der Waals surface area contributed by atoms with Crippen LogP contribution in [0.1, 0.15) is 0 Å². The molecule has 4 rings (SSSR count). The molecule has 10 heteroatoms. The Kier molecular flexibility index (Phi) is 6.20. The number of nitrogens with one attached hydrogen (secondary N) is 2. The minimum atomic E-state index is -2.89. The number of piperazine rings is 1. The van der Waals surface area contributed by atoms with Crippen LogP contribution in [0.15, 0.2) is 30.5 Å². The van der Waals surface area contributed by atoms with Crippen LogP contribution in [-0.4, -0.2) is 69.1 Å². The molecular weight excluding hydrogens is 382 g/mol. The van der Waals surface area contributed by atoms with Gasteiger partial charge < -0.3 is 29.9 Å². The van der Waals surface area contributed by atoms with Gasteiger partial charge in [-0.1, -0.05) is 0 Å². The molecule has 0 aromatic carbocycles. The number of pyridine rings is 2. The van der Waals surface area contributed by atoms with Gasteiger partial charge in [0.05, 0.1) is 25.1 Å². The molecule has 2 fully saturated rings. The second-order valence-corrected chi connectivity index (χ2v) is 6.79. The van der Waals surface area contributed by atoms with Crippen molar-refractivity contribution in [3.63, 3.8) is 0 Å². The predicted molar refractivity (Wildman–Crippen MR) is 107 cm³/mol. The van der Waals surface area contributed by atoms with E-state index in [9.17, 15) is 8.78 Å². The van der Waals surface area contributed by atoms with E-state index in [2.05, 4.69) is 36.2 Å². The fraction of sp³-hybridized carbons (Fsp3) is 0.474. The van der Waals surface area contributed by atoms with Gasteiger partial charge in [0.2, 0.25) is 5.88 Å². The molecule has 0 amide bonds. The Hall–Kier alpha value is -2.72. The summed E-state index contributed by atoms with van der Waals surface area (Å²) in [6.07, 6.45) is 1.45. The Morgan fingerprint density at radius 2 is 1.86 bits per heavy atom. The maximum atomic E-state index is 12.3. The van der Waals surface area contributed by atoms with Gasteiger partial charge in [0.25, 0.3) is 0 Å². The van der Waals surface area contributed by atoms with Gasteiger partial charge in [0.15, 0.2) is 0 Å². The van der Waals surface area contributed by atoms with Crippen molar-refractivity contribution >= 4 is 23.0 Å². The summed E-state index contributed by atoms with van der Waals surface area (Å²) in [7, 11) is 0. The lowest BCUT2D eigenvalue weighted by Crippen LogP contribution is -2.43. The molecule has 0 atom stereocenters. The van der Waals surface area contributed by atoms with Crippen LogP contribution in [0, 0.1) is 0 Å². The number of nitrogens with zero attached hydrogens (tertiary/aromatic N) is 4. The van der Waals surface area contributed by atoms with Crippen LogP contribution in [0.25, 0.3) is 0 Å². The first kappa shape index (κ1) is 19.6. The van der Waals surface area contributed by atoms with Crippen molar-refractivity contribution in [2.45, 2.75) is 6.61 Å². The maximum absolute atomic E-state index is 12.3. The number of anilines is 4. The molecule has 156 valence electrons. The number of hydrogen-bond acceptors (Lipinski definition) is 8. The summed E-state index contributed by atoms with van der Waals surface area (Å²) >= 11 is 0. The normalized spacial score (nSPS) is 17.5. The largest absolute Gasteiger partial charge is 0.417 e. The minimum absolute atomic E-state index is 0.123. The highest BCUT2D eigenvalue weighted by molar-refractivity contribution is 5.66. The highest BCUT2D eigenvalue weighted by Gasteiger charge is 2.18. The highest BCUT2D eigenvalue weighted by Crippen LogP contribution is 2.28. The van der Waals surface area contributed by atoms with E-state index in [1.807, 2.05) is 6.07 Å². The maximum Gasteiger partial charge on any atom is 0.388 e. The zero-order chi connectivity index (χ0) is 20.1. The van der Waals surface area contributed by atoms with Crippen molar-refractivity contribution in [1.29, 1.82) is 0 Å². The average Bonchev–Trinajstić information content (AvgIpc) is 2.76. The van der Waals surface area contributed by atoms with E-state index >= 15 is 0 Å². The Labute approximate surface area is 167 Å². The summed E-state index contributed by atoms with van der Waals surface area (Å²) in [6, 6.07) is 7.15. The molecule has 8 nitrogen and oxygen atoms in total. The third-order valence-corrected chi connectivity index (χ3v) is 4.83. The fourth-order valence-electron chi connectivity index (χ4n) is 3.39. The van der Waals surface area contributed by atoms with Gasteiger partial charge in [0, 0.05) is 63.2 Å². The lowest BCUT2D eigenvalue weighted by atomic mass is 10.2. The van der Waals surface area contributed by atoms with Gasteiger partial charge in [-0.3, -0.25) is 0 Å². The van der Waals surface area contributed by atoms with Crippen LogP contribution >= 0.6 is 0 Å². The van der Waals surface area contributed by atoms with Crippen molar-refractivity contribution in [3.05, 3.63) is 30.5 Å². The van der Waals surface area contributed by atoms with E-state index in [1.165, 1.54) is 12.3 Å². The molecule has 2 aromatic heterocycles. The third kappa shape index (κ3) is 5.21. The first-order valence-electron chi connectivity index (χ1n) is 9.66. The summed E-state index contributed by atoms with van der Waals surface area (Å²) < 4.78 is 34.4. The molecule has 2 aliphatic heterocycles. The molecule has 2 N–H and O–H groups in total. The summed E-state index contributed by atoms with van der Waals surface area (Å²) in [4.78, 5) is 13.2. The minimum Gasteiger partial charge on any atom is -0.417 e. The summed E-state index contributed by atoms with van der Waals surface area (Å²) in [6.45, 7) is 3.77. The van der Waals surface area contributed by atoms with Gasteiger partial charge >= 0.3 is 6.61 Å².